The van der Waals surface area contributed by atoms with Crippen molar-refractivity contribution in [3.63, 3.8) is 0 Å². The van der Waals surface area contributed by atoms with E-state index in [1.807, 2.05) is 6.07 Å². The van der Waals surface area contributed by atoms with Crippen LogP contribution in [0.4, 0.5) is 5.69 Å². The van der Waals surface area contributed by atoms with Crippen molar-refractivity contribution in [1.82, 2.24) is 0 Å². The summed E-state index contributed by atoms with van der Waals surface area (Å²) >= 11 is 3.30. The minimum atomic E-state index is -1.06. The molecule has 0 aliphatic carbocycles. The van der Waals surface area contributed by atoms with Gasteiger partial charge in [-0.3, -0.25) is 4.21 Å². The zero-order valence-electron chi connectivity index (χ0n) is 8.78. The maximum Gasteiger partial charge on any atom is 0.0621 e. The monoisotopic (exact) mass is 300 g/mol. The fourth-order valence-corrected chi connectivity index (χ4v) is 2.88. The highest BCUT2D eigenvalue weighted by molar-refractivity contribution is 9.10. The Morgan fingerprint density at radius 2 is 2.19 bits per heavy atom. The molecule has 0 saturated heterocycles. The van der Waals surface area contributed by atoms with Crippen LogP contribution >= 0.6 is 15.9 Å². The van der Waals surface area contributed by atoms with Crippen LogP contribution < -0.4 is 5.73 Å². The fourth-order valence-electron chi connectivity index (χ4n) is 1.27. The van der Waals surface area contributed by atoms with Crippen LogP contribution in [-0.2, 0) is 10.8 Å². The van der Waals surface area contributed by atoms with Gasteiger partial charge < -0.3 is 5.73 Å². The smallest absolute Gasteiger partial charge is 0.0621 e. The lowest BCUT2D eigenvalue weighted by molar-refractivity contribution is 0.678. The molecular formula is C11H13BrN2OS. The van der Waals surface area contributed by atoms with Crippen LogP contribution in [0.25, 0.3) is 0 Å². The minimum Gasteiger partial charge on any atom is -0.398 e. The Balaban J connectivity index is 2.57. The highest BCUT2D eigenvalue weighted by Crippen LogP contribution is 2.22. The third kappa shape index (κ3) is 3.95. The van der Waals surface area contributed by atoms with E-state index in [2.05, 4.69) is 22.0 Å². The molecule has 2 N–H and O–H groups in total. The first-order valence-electron chi connectivity index (χ1n) is 4.95. The molecule has 0 spiro atoms. The average Bonchev–Trinajstić information content (AvgIpc) is 2.24. The first-order valence-corrected chi connectivity index (χ1v) is 7.06. The number of hydrogen-bond acceptors (Lipinski definition) is 3. The number of nitrogen functional groups attached to an aromatic ring is 1. The summed E-state index contributed by atoms with van der Waals surface area (Å²) in [5.74, 6) is 0.563. The van der Waals surface area contributed by atoms with Gasteiger partial charge in [0.1, 0.15) is 0 Å². The number of unbranched alkanes of at least 4 members (excludes halogenated alkanes) is 2. The van der Waals surface area contributed by atoms with E-state index in [1.165, 1.54) is 0 Å². The standard InChI is InChI=1S/C11H13BrN2OS/c12-9-4-5-11(10(14)8-9)16(15)7-3-1-2-6-13/h4-5,8H,1-3,7,14H2. The van der Waals surface area contributed by atoms with E-state index in [4.69, 9.17) is 11.0 Å². The topological polar surface area (TPSA) is 66.9 Å². The molecule has 0 aliphatic rings. The molecule has 0 aliphatic heterocycles. The maximum absolute atomic E-state index is 11.9. The fraction of sp³-hybridized carbons (Fsp3) is 0.364. The largest absolute Gasteiger partial charge is 0.398 e. The summed E-state index contributed by atoms with van der Waals surface area (Å²) in [7, 11) is -1.06. The number of hydrogen-bond donors (Lipinski definition) is 1. The van der Waals surface area contributed by atoms with Gasteiger partial charge in [0, 0.05) is 22.3 Å². The summed E-state index contributed by atoms with van der Waals surface area (Å²) in [6, 6.07) is 7.43. The molecule has 0 heterocycles. The maximum atomic E-state index is 11.9. The van der Waals surface area contributed by atoms with Gasteiger partial charge in [-0.05, 0) is 31.0 Å². The van der Waals surface area contributed by atoms with E-state index < -0.39 is 10.8 Å². The highest BCUT2D eigenvalue weighted by Gasteiger charge is 2.07. The Hall–Kier alpha value is -0.860. The van der Waals surface area contributed by atoms with Gasteiger partial charge in [0.05, 0.1) is 21.8 Å². The van der Waals surface area contributed by atoms with Gasteiger partial charge in [0.2, 0.25) is 0 Å². The Morgan fingerprint density at radius 1 is 1.44 bits per heavy atom. The Labute approximate surface area is 106 Å². The van der Waals surface area contributed by atoms with Gasteiger partial charge in [0.25, 0.3) is 0 Å². The predicted molar refractivity (Wildman–Crippen MR) is 69.3 cm³/mol. The summed E-state index contributed by atoms with van der Waals surface area (Å²) in [6.07, 6.45) is 2.10. The molecular weight excluding hydrogens is 288 g/mol. The summed E-state index contributed by atoms with van der Waals surface area (Å²) in [6.45, 7) is 0. The van der Waals surface area contributed by atoms with Gasteiger partial charge in [0.15, 0.2) is 0 Å². The van der Waals surface area contributed by atoms with Crippen LogP contribution in [0.2, 0.25) is 0 Å². The van der Waals surface area contributed by atoms with Crippen molar-refractivity contribution in [2.75, 3.05) is 11.5 Å². The van der Waals surface area contributed by atoms with Crippen molar-refractivity contribution in [2.45, 2.75) is 24.2 Å². The van der Waals surface area contributed by atoms with E-state index in [0.29, 0.717) is 22.8 Å². The van der Waals surface area contributed by atoms with Crippen molar-refractivity contribution in [1.29, 1.82) is 5.26 Å². The summed E-state index contributed by atoms with van der Waals surface area (Å²) in [5.41, 5.74) is 6.33. The SMILES string of the molecule is N#CCCCCS(=O)c1ccc(Br)cc1N. The quantitative estimate of drug-likeness (QED) is 0.671. The van der Waals surface area contributed by atoms with Crippen molar-refractivity contribution >= 4 is 32.4 Å². The molecule has 0 saturated carbocycles. The molecule has 86 valence electrons. The molecule has 1 atom stereocenters. The Kier molecular flexibility index (Phi) is 5.50. The number of nitrogens with zero attached hydrogens (tertiary/aromatic N) is 1. The molecule has 0 amide bonds. The van der Waals surface area contributed by atoms with Crippen LogP contribution in [0.15, 0.2) is 27.6 Å². The van der Waals surface area contributed by atoms with E-state index >= 15 is 0 Å². The zero-order chi connectivity index (χ0) is 12.0. The van der Waals surface area contributed by atoms with E-state index in [-0.39, 0.29) is 0 Å². The van der Waals surface area contributed by atoms with Crippen molar-refractivity contribution < 1.29 is 4.21 Å². The van der Waals surface area contributed by atoms with Gasteiger partial charge in [-0.2, -0.15) is 5.26 Å². The molecule has 16 heavy (non-hydrogen) atoms. The number of nitriles is 1. The second kappa shape index (κ2) is 6.66. The molecule has 0 fully saturated rings. The molecule has 5 heteroatoms. The average molecular weight is 301 g/mol. The Morgan fingerprint density at radius 3 is 2.81 bits per heavy atom. The van der Waals surface area contributed by atoms with Crippen LogP contribution in [-0.4, -0.2) is 9.96 Å². The third-order valence-corrected chi connectivity index (χ3v) is 4.10. The molecule has 0 radical (unpaired) electrons. The van der Waals surface area contributed by atoms with Crippen molar-refractivity contribution in [3.8, 4) is 6.07 Å². The summed E-state index contributed by atoms with van der Waals surface area (Å²) in [5, 5.41) is 8.37. The number of nitrogens with two attached hydrogens (primary N) is 1. The van der Waals surface area contributed by atoms with Crippen LogP contribution in [0.3, 0.4) is 0 Å². The molecule has 3 nitrogen and oxygen atoms in total. The lowest BCUT2D eigenvalue weighted by Crippen LogP contribution is -2.02. The van der Waals surface area contributed by atoms with Crippen LogP contribution in [0.5, 0.6) is 0 Å². The lowest BCUT2D eigenvalue weighted by Gasteiger charge is -2.05. The van der Waals surface area contributed by atoms with Crippen LogP contribution in [0.1, 0.15) is 19.3 Å². The molecule has 1 aromatic rings. The number of halogens is 1. The van der Waals surface area contributed by atoms with E-state index in [1.54, 1.807) is 12.1 Å². The van der Waals surface area contributed by atoms with Gasteiger partial charge in [-0.25, -0.2) is 0 Å². The second-order valence-electron chi connectivity index (χ2n) is 3.35. The molecule has 0 aromatic heterocycles. The summed E-state index contributed by atoms with van der Waals surface area (Å²) < 4.78 is 12.8. The second-order valence-corrected chi connectivity index (χ2v) is 5.80. The van der Waals surface area contributed by atoms with Gasteiger partial charge in [-0.1, -0.05) is 15.9 Å². The van der Waals surface area contributed by atoms with Gasteiger partial charge in [-0.15, -0.1) is 0 Å². The molecule has 1 unspecified atom stereocenters. The Bertz CT molecular complexity index is 428. The molecule has 1 rings (SSSR count). The third-order valence-electron chi connectivity index (χ3n) is 2.09. The van der Waals surface area contributed by atoms with E-state index in [9.17, 15) is 4.21 Å². The van der Waals surface area contributed by atoms with Crippen molar-refractivity contribution in [2.24, 2.45) is 0 Å². The molecule has 0 bridgehead atoms. The highest BCUT2D eigenvalue weighted by atomic mass is 79.9. The summed E-state index contributed by atoms with van der Waals surface area (Å²) in [4.78, 5) is 0.681. The zero-order valence-corrected chi connectivity index (χ0v) is 11.2. The predicted octanol–water partition coefficient (Wildman–Crippen LogP) is 2.83. The minimum absolute atomic E-state index is 0.521. The number of benzene rings is 1. The first-order chi connectivity index (χ1) is 7.65. The first kappa shape index (κ1) is 13.2. The number of rotatable bonds is 5. The lowest BCUT2D eigenvalue weighted by atomic mass is 10.3. The number of anilines is 1. The van der Waals surface area contributed by atoms with Crippen LogP contribution in [0, 0.1) is 11.3 Å². The van der Waals surface area contributed by atoms with Crippen molar-refractivity contribution in [3.05, 3.63) is 22.7 Å². The molecule has 1 aromatic carbocycles. The van der Waals surface area contributed by atoms with Gasteiger partial charge >= 0.3 is 0 Å². The normalized spacial score (nSPS) is 12.0. The van der Waals surface area contributed by atoms with E-state index in [0.717, 1.165) is 17.3 Å².